The Balaban J connectivity index is 1.34. The van der Waals surface area contributed by atoms with Gasteiger partial charge in [-0.15, -0.1) is 0 Å². The van der Waals surface area contributed by atoms with Gasteiger partial charge >= 0.3 is 0 Å². The van der Waals surface area contributed by atoms with E-state index in [1.807, 2.05) is 24.3 Å². The van der Waals surface area contributed by atoms with E-state index in [0.717, 1.165) is 5.56 Å². The average Bonchev–Trinajstić information content (AvgIpc) is 3.46. The first-order valence-corrected chi connectivity index (χ1v) is 16.5. The van der Waals surface area contributed by atoms with Crippen molar-refractivity contribution >= 4 is 21.5 Å². The largest absolute Gasteiger partial charge is 0.192 e. The Labute approximate surface area is 281 Å². The van der Waals surface area contributed by atoms with Gasteiger partial charge in [0.25, 0.3) is 0 Å². The van der Waals surface area contributed by atoms with Crippen LogP contribution in [0.3, 0.4) is 0 Å². The van der Waals surface area contributed by atoms with E-state index in [0.29, 0.717) is 5.56 Å². The second-order valence-corrected chi connectivity index (χ2v) is 12.8. The summed E-state index contributed by atoms with van der Waals surface area (Å²) >= 11 is 0. The topological polar surface area (TPSA) is 23.8 Å². The van der Waals surface area contributed by atoms with Crippen molar-refractivity contribution in [1.82, 2.24) is 0 Å². The van der Waals surface area contributed by atoms with Crippen LogP contribution in [0.15, 0.2) is 152 Å². The van der Waals surface area contributed by atoms with Crippen LogP contribution in [0.1, 0.15) is 16.7 Å². The van der Waals surface area contributed by atoms with Crippen LogP contribution in [-0.2, 0) is 0 Å². The van der Waals surface area contributed by atoms with Crippen LogP contribution in [0, 0.1) is 25.2 Å². The van der Waals surface area contributed by atoms with Crippen molar-refractivity contribution in [3.8, 4) is 72.8 Å². The number of benzene rings is 8. The summed E-state index contributed by atoms with van der Waals surface area (Å²) in [6, 6.07) is 57.0. The Morgan fingerprint density at radius 1 is 0.375 bits per heavy atom. The molecule has 1 heteroatoms. The Bertz CT molecular complexity index is 2490. The molecule has 0 aromatic heterocycles. The van der Waals surface area contributed by atoms with E-state index in [1.165, 1.54) is 93.9 Å². The molecule has 0 saturated carbocycles. The fourth-order valence-corrected chi connectivity index (χ4v) is 8.12. The molecule has 1 aliphatic rings. The van der Waals surface area contributed by atoms with Crippen molar-refractivity contribution in [1.29, 1.82) is 5.26 Å². The van der Waals surface area contributed by atoms with E-state index in [4.69, 9.17) is 0 Å². The van der Waals surface area contributed by atoms with E-state index >= 15 is 0 Å². The highest BCUT2D eigenvalue weighted by Crippen LogP contribution is 2.58. The molecular weight excluding hydrogens is 579 g/mol. The molecule has 0 amide bonds. The maximum absolute atomic E-state index is 9.28. The zero-order valence-electron chi connectivity index (χ0n) is 26.9. The Morgan fingerprint density at radius 3 is 1.44 bits per heavy atom. The summed E-state index contributed by atoms with van der Waals surface area (Å²) in [4.78, 5) is 0. The zero-order chi connectivity index (χ0) is 32.4. The number of hydrogen-bond acceptors (Lipinski definition) is 1. The smallest absolute Gasteiger partial charge is 0.0991 e. The second-order valence-electron chi connectivity index (χ2n) is 12.8. The van der Waals surface area contributed by atoms with Gasteiger partial charge in [0.2, 0.25) is 0 Å². The van der Waals surface area contributed by atoms with Crippen LogP contribution in [0.4, 0.5) is 0 Å². The van der Waals surface area contributed by atoms with Crippen LogP contribution in [0.5, 0.6) is 0 Å². The molecule has 8 aromatic carbocycles. The summed E-state index contributed by atoms with van der Waals surface area (Å²) in [5, 5.41) is 14.4. The minimum Gasteiger partial charge on any atom is -0.192 e. The lowest BCUT2D eigenvalue weighted by molar-refractivity contribution is 1.38. The fourth-order valence-electron chi connectivity index (χ4n) is 8.12. The van der Waals surface area contributed by atoms with Crippen molar-refractivity contribution in [2.24, 2.45) is 0 Å². The Morgan fingerprint density at radius 2 is 0.875 bits per heavy atom. The molecule has 0 saturated heterocycles. The summed E-state index contributed by atoms with van der Waals surface area (Å²) < 4.78 is 0. The first kappa shape index (κ1) is 28.0. The standard InChI is InChI=1S/C47H31N/c1-29-26-35(32-22-20-31(28-48)21-23-32)27-30(2)42(29)39-24-25-41-45-38(39)18-11-19-40(45)46-43(33-12-5-3-6-13-33)36-16-9-10-17-37(36)44(47(41)46)34-14-7-4-8-15-34/h3-27H,1-2H3. The number of rotatable bonds is 4. The molecular formula is C47H31N. The number of nitriles is 1. The quantitative estimate of drug-likeness (QED) is 0.195. The van der Waals surface area contributed by atoms with Crippen LogP contribution in [0.25, 0.3) is 88.3 Å². The maximum atomic E-state index is 9.28. The average molecular weight is 610 g/mol. The van der Waals surface area contributed by atoms with Gasteiger partial charge in [-0.25, -0.2) is 0 Å². The fraction of sp³-hybridized carbons (Fsp3) is 0.0426. The molecule has 0 fully saturated rings. The van der Waals surface area contributed by atoms with Crippen molar-refractivity contribution in [2.75, 3.05) is 0 Å². The van der Waals surface area contributed by atoms with Gasteiger partial charge < -0.3 is 0 Å². The van der Waals surface area contributed by atoms with Crippen molar-refractivity contribution < 1.29 is 0 Å². The number of hydrogen-bond donors (Lipinski definition) is 0. The predicted octanol–water partition coefficient (Wildman–Crippen LogP) is 12.8. The molecule has 9 rings (SSSR count). The maximum Gasteiger partial charge on any atom is 0.0991 e. The molecule has 224 valence electrons. The third kappa shape index (κ3) is 4.17. The molecule has 48 heavy (non-hydrogen) atoms. The van der Waals surface area contributed by atoms with Crippen molar-refractivity contribution in [2.45, 2.75) is 13.8 Å². The molecule has 0 atom stereocenters. The lowest BCUT2D eigenvalue weighted by atomic mass is 9.82. The normalized spacial score (nSPS) is 11.5. The van der Waals surface area contributed by atoms with Crippen LogP contribution in [-0.4, -0.2) is 0 Å². The number of aryl methyl sites for hydroxylation is 2. The van der Waals surface area contributed by atoms with E-state index in [1.54, 1.807) is 0 Å². The van der Waals surface area contributed by atoms with Gasteiger partial charge in [-0.05, 0) is 125 Å². The van der Waals surface area contributed by atoms with E-state index < -0.39 is 0 Å². The SMILES string of the molecule is Cc1cc(-c2ccc(C#N)cc2)cc(C)c1-c1ccc2c3c(cccc13)-c1c-2c(-c2ccccc2)c2ccccc2c1-c1ccccc1. The third-order valence-corrected chi connectivity index (χ3v) is 10.1. The number of nitrogens with zero attached hydrogens (tertiary/aromatic N) is 1. The minimum atomic E-state index is 0.677. The molecule has 0 N–H and O–H groups in total. The Kier molecular flexibility index (Phi) is 6.39. The monoisotopic (exact) mass is 609 g/mol. The summed E-state index contributed by atoms with van der Waals surface area (Å²) in [5.41, 5.74) is 18.3. The second kappa shape index (κ2) is 10.9. The first-order chi connectivity index (χ1) is 23.6. The highest BCUT2D eigenvalue weighted by atomic mass is 14.3. The summed E-state index contributed by atoms with van der Waals surface area (Å²) in [7, 11) is 0. The zero-order valence-corrected chi connectivity index (χ0v) is 26.9. The Hall–Kier alpha value is -6.23. The van der Waals surface area contributed by atoms with Crippen LogP contribution in [0.2, 0.25) is 0 Å². The molecule has 8 aromatic rings. The molecule has 0 radical (unpaired) electrons. The van der Waals surface area contributed by atoms with E-state index in [9.17, 15) is 5.26 Å². The van der Waals surface area contributed by atoms with Gasteiger partial charge in [0.05, 0.1) is 11.6 Å². The first-order valence-electron chi connectivity index (χ1n) is 16.5. The van der Waals surface area contributed by atoms with Gasteiger partial charge in [0.1, 0.15) is 0 Å². The lowest BCUT2D eigenvalue weighted by Crippen LogP contribution is -1.93. The van der Waals surface area contributed by atoms with E-state index in [-0.39, 0.29) is 0 Å². The molecule has 0 unspecified atom stereocenters. The third-order valence-electron chi connectivity index (χ3n) is 10.1. The van der Waals surface area contributed by atoms with Gasteiger partial charge in [0.15, 0.2) is 0 Å². The molecule has 0 spiro atoms. The van der Waals surface area contributed by atoms with Gasteiger partial charge in [0, 0.05) is 0 Å². The van der Waals surface area contributed by atoms with Gasteiger partial charge in [-0.1, -0.05) is 140 Å². The molecule has 1 aliphatic carbocycles. The minimum absolute atomic E-state index is 0.677. The summed E-state index contributed by atoms with van der Waals surface area (Å²) in [6.07, 6.45) is 0. The van der Waals surface area contributed by atoms with Crippen LogP contribution >= 0.6 is 0 Å². The van der Waals surface area contributed by atoms with Crippen molar-refractivity contribution in [3.63, 3.8) is 0 Å². The highest BCUT2D eigenvalue weighted by molar-refractivity contribution is 6.28. The summed E-state index contributed by atoms with van der Waals surface area (Å²) in [6.45, 7) is 4.45. The lowest BCUT2D eigenvalue weighted by Gasteiger charge is -2.20. The molecule has 1 nitrogen and oxygen atoms in total. The van der Waals surface area contributed by atoms with Crippen molar-refractivity contribution in [3.05, 3.63) is 168 Å². The van der Waals surface area contributed by atoms with E-state index in [2.05, 4.69) is 147 Å². The molecule has 0 bridgehead atoms. The van der Waals surface area contributed by atoms with Gasteiger partial charge in [-0.3, -0.25) is 0 Å². The van der Waals surface area contributed by atoms with Crippen LogP contribution < -0.4 is 0 Å². The highest BCUT2D eigenvalue weighted by Gasteiger charge is 2.31. The molecule has 0 heterocycles. The summed E-state index contributed by atoms with van der Waals surface area (Å²) in [5.74, 6) is 0. The number of fused-ring (bicyclic) bond motifs is 4. The molecule has 0 aliphatic heterocycles. The predicted molar refractivity (Wildman–Crippen MR) is 202 cm³/mol. The van der Waals surface area contributed by atoms with Gasteiger partial charge in [-0.2, -0.15) is 5.26 Å².